The summed E-state index contributed by atoms with van der Waals surface area (Å²) in [5.41, 5.74) is 0.305. The second kappa shape index (κ2) is 5.95. The van der Waals surface area contributed by atoms with E-state index < -0.39 is 22.9 Å². The standard InChI is InChI=1S/C13H18O6Si/c1-13(20,12(16)17)9(11(14)15)7-5-4-6-8(18-2)10(7)19-3/h4-6,9H,1-3,20H3,(H,14,15)(H,16,17). The van der Waals surface area contributed by atoms with Crippen molar-refractivity contribution in [1.29, 1.82) is 0 Å². The van der Waals surface area contributed by atoms with E-state index >= 15 is 0 Å². The number of hydrogen-bond acceptors (Lipinski definition) is 4. The fraction of sp³-hybridized carbons (Fsp3) is 0.385. The summed E-state index contributed by atoms with van der Waals surface area (Å²) in [7, 11) is 3.00. The third kappa shape index (κ3) is 2.77. The molecule has 0 aliphatic rings. The number of rotatable bonds is 6. The van der Waals surface area contributed by atoms with E-state index in [0.29, 0.717) is 11.3 Å². The second-order valence-corrected chi connectivity index (χ2v) is 6.96. The number of para-hydroxylation sites is 1. The van der Waals surface area contributed by atoms with E-state index in [1.165, 1.54) is 21.1 Å². The largest absolute Gasteiger partial charge is 0.493 e. The maximum atomic E-state index is 11.6. The minimum Gasteiger partial charge on any atom is -0.493 e. The fourth-order valence-corrected chi connectivity index (χ4v) is 2.65. The van der Waals surface area contributed by atoms with E-state index in [0.717, 1.165) is 0 Å². The van der Waals surface area contributed by atoms with Gasteiger partial charge in [0, 0.05) is 15.8 Å². The van der Waals surface area contributed by atoms with Crippen LogP contribution in [0.5, 0.6) is 11.5 Å². The quantitative estimate of drug-likeness (QED) is 0.743. The maximum Gasteiger partial charge on any atom is 0.311 e. The molecule has 0 spiro atoms. The average Bonchev–Trinajstić information content (AvgIpc) is 2.37. The van der Waals surface area contributed by atoms with Gasteiger partial charge in [-0.25, -0.2) is 0 Å². The minimum atomic E-state index is -1.36. The molecule has 7 heteroatoms. The molecule has 0 amide bonds. The van der Waals surface area contributed by atoms with Crippen LogP contribution in [0.1, 0.15) is 18.4 Å². The summed E-state index contributed by atoms with van der Waals surface area (Å²) in [6.07, 6.45) is 0. The molecule has 0 saturated heterocycles. The van der Waals surface area contributed by atoms with Crippen molar-refractivity contribution in [3.8, 4) is 11.5 Å². The lowest BCUT2D eigenvalue weighted by molar-refractivity contribution is -0.148. The molecule has 2 unspecified atom stereocenters. The number of carboxylic acids is 2. The summed E-state index contributed by atoms with van der Waals surface area (Å²) < 4.78 is 10.3. The highest BCUT2D eigenvalue weighted by atomic mass is 28.1. The highest BCUT2D eigenvalue weighted by Gasteiger charge is 2.44. The molecule has 20 heavy (non-hydrogen) atoms. The summed E-state index contributed by atoms with van der Waals surface area (Å²) in [4.78, 5) is 23.0. The predicted octanol–water partition coefficient (Wildman–Crippen LogP) is 0.501. The van der Waals surface area contributed by atoms with Gasteiger partial charge in [0.15, 0.2) is 11.5 Å². The molecule has 2 atom stereocenters. The molecule has 0 saturated carbocycles. The van der Waals surface area contributed by atoms with Crippen molar-refractivity contribution < 1.29 is 29.3 Å². The fourth-order valence-electron chi connectivity index (χ4n) is 2.09. The lowest BCUT2D eigenvalue weighted by Crippen LogP contribution is -2.33. The summed E-state index contributed by atoms with van der Waals surface area (Å²) in [5, 5.41) is 17.4. The Morgan fingerprint density at radius 1 is 1.25 bits per heavy atom. The number of aliphatic carboxylic acids is 2. The zero-order valence-corrected chi connectivity index (χ0v) is 13.8. The smallest absolute Gasteiger partial charge is 0.311 e. The van der Waals surface area contributed by atoms with Gasteiger partial charge in [0.05, 0.1) is 25.2 Å². The van der Waals surface area contributed by atoms with Gasteiger partial charge in [-0.2, -0.15) is 0 Å². The number of methoxy groups -OCH3 is 2. The Hall–Kier alpha value is -2.02. The Balaban J connectivity index is 3.52. The molecule has 0 fully saturated rings. The van der Waals surface area contributed by atoms with Crippen LogP contribution in [-0.2, 0) is 9.59 Å². The summed E-state index contributed by atoms with van der Waals surface area (Å²) >= 11 is 0. The monoisotopic (exact) mass is 298 g/mol. The highest BCUT2D eigenvalue weighted by molar-refractivity contribution is 6.29. The van der Waals surface area contributed by atoms with Crippen LogP contribution in [0.4, 0.5) is 0 Å². The van der Waals surface area contributed by atoms with E-state index in [4.69, 9.17) is 9.47 Å². The van der Waals surface area contributed by atoms with E-state index in [-0.39, 0.29) is 16.0 Å². The van der Waals surface area contributed by atoms with Gasteiger partial charge in [0.2, 0.25) is 0 Å². The van der Waals surface area contributed by atoms with Crippen molar-refractivity contribution in [1.82, 2.24) is 0 Å². The van der Waals surface area contributed by atoms with Gasteiger partial charge in [0.1, 0.15) is 0 Å². The van der Waals surface area contributed by atoms with Crippen LogP contribution in [0.15, 0.2) is 18.2 Å². The van der Waals surface area contributed by atoms with E-state index in [2.05, 4.69) is 0 Å². The average molecular weight is 298 g/mol. The maximum absolute atomic E-state index is 11.6. The molecule has 1 aromatic carbocycles. The van der Waals surface area contributed by atoms with Crippen molar-refractivity contribution in [3.05, 3.63) is 23.8 Å². The van der Waals surface area contributed by atoms with Gasteiger partial charge >= 0.3 is 11.9 Å². The molecule has 0 heterocycles. The van der Waals surface area contributed by atoms with Crippen LogP contribution in [0.2, 0.25) is 5.04 Å². The van der Waals surface area contributed by atoms with E-state index in [1.807, 2.05) is 0 Å². The molecular weight excluding hydrogens is 280 g/mol. The first kappa shape index (κ1) is 16.0. The van der Waals surface area contributed by atoms with Crippen molar-refractivity contribution in [2.45, 2.75) is 17.9 Å². The van der Waals surface area contributed by atoms with Crippen LogP contribution >= 0.6 is 0 Å². The molecule has 0 aromatic heterocycles. The normalized spacial score (nSPS) is 15.2. The Morgan fingerprint density at radius 3 is 2.25 bits per heavy atom. The topological polar surface area (TPSA) is 93.1 Å². The van der Waals surface area contributed by atoms with Crippen molar-refractivity contribution in [3.63, 3.8) is 0 Å². The number of hydrogen-bond donors (Lipinski definition) is 2. The first-order valence-electron chi connectivity index (χ1n) is 5.94. The van der Waals surface area contributed by atoms with Gasteiger partial charge in [-0.1, -0.05) is 19.1 Å². The molecule has 110 valence electrons. The second-order valence-electron chi connectivity index (χ2n) is 4.88. The Kier molecular flexibility index (Phi) is 4.77. The summed E-state index contributed by atoms with van der Waals surface area (Å²) in [6, 6.07) is 4.80. The number of benzene rings is 1. The molecule has 1 aromatic rings. The van der Waals surface area contributed by atoms with Crippen LogP contribution in [0.3, 0.4) is 0 Å². The molecule has 2 N–H and O–H groups in total. The van der Waals surface area contributed by atoms with Crippen LogP contribution in [-0.4, -0.2) is 46.6 Å². The predicted molar refractivity (Wildman–Crippen MR) is 75.9 cm³/mol. The zero-order chi connectivity index (χ0) is 15.5. The Morgan fingerprint density at radius 2 is 1.85 bits per heavy atom. The lowest BCUT2D eigenvalue weighted by atomic mass is 9.85. The molecule has 0 aliphatic carbocycles. The van der Waals surface area contributed by atoms with Gasteiger partial charge in [-0.05, 0) is 6.07 Å². The minimum absolute atomic E-state index is 0.172. The summed E-state index contributed by atoms with van der Waals surface area (Å²) in [6.45, 7) is 1.43. The van der Waals surface area contributed by atoms with Crippen molar-refractivity contribution in [2.75, 3.05) is 14.2 Å². The Bertz CT molecular complexity index is 526. The summed E-state index contributed by atoms with van der Waals surface area (Å²) in [5.74, 6) is -2.90. The highest BCUT2D eigenvalue weighted by Crippen LogP contribution is 2.46. The Labute approximate surface area is 119 Å². The first-order valence-corrected chi connectivity index (χ1v) is 6.94. The molecule has 0 bridgehead atoms. The van der Waals surface area contributed by atoms with Crippen molar-refractivity contribution in [2.24, 2.45) is 0 Å². The van der Waals surface area contributed by atoms with Gasteiger partial charge in [0.25, 0.3) is 0 Å². The molecule has 1 rings (SSSR count). The first-order chi connectivity index (χ1) is 9.27. The third-order valence-electron chi connectivity index (χ3n) is 3.26. The number of ether oxygens (including phenoxy) is 2. The number of carboxylic acid groups (broad SMARTS) is 2. The third-order valence-corrected chi connectivity index (χ3v) is 4.27. The molecule has 0 radical (unpaired) electrons. The van der Waals surface area contributed by atoms with E-state index in [9.17, 15) is 19.8 Å². The molecular formula is C13H18O6Si. The van der Waals surface area contributed by atoms with E-state index in [1.54, 1.807) is 18.2 Å². The molecule has 6 nitrogen and oxygen atoms in total. The van der Waals surface area contributed by atoms with Crippen LogP contribution in [0, 0.1) is 0 Å². The van der Waals surface area contributed by atoms with Gasteiger partial charge < -0.3 is 19.7 Å². The van der Waals surface area contributed by atoms with Crippen LogP contribution < -0.4 is 9.47 Å². The molecule has 0 aliphatic heterocycles. The lowest BCUT2D eigenvalue weighted by Gasteiger charge is -2.28. The number of carbonyl (C=O) groups is 2. The zero-order valence-electron chi connectivity index (χ0n) is 11.8. The van der Waals surface area contributed by atoms with Crippen molar-refractivity contribution >= 4 is 22.2 Å². The van der Waals surface area contributed by atoms with Gasteiger partial charge in [-0.15, -0.1) is 0 Å². The van der Waals surface area contributed by atoms with Crippen LogP contribution in [0.25, 0.3) is 0 Å². The van der Waals surface area contributed by atoms with Gasteiger partial charge in [-0.3, -0.25) is 9.59 Å². The SMILES string of the molecule is COc1cccc(C(C(=O)O)C(C)([SiH3])C(=O)O)c1OC.